The maximum absolute atomic E-state index is 12.1. The van der Waals surface area contributed by atoms with Crippen molar-refractivity contribution in [2.24, 2.45) is 5.92 Å². The molecule has 1 aliphatic rings. The number of aromatic nitrogens is 2. The van der Waals surface area contributed by atoms with Crippen molar-refractivity contribution in [2.75, 3.05) is 5.73 Å². The Morgan fingerprint density at radius 2 is 2.11 bits per heavy atom. The first-order valence-corrected chi connectivity index (χ1v) is 7.09. The van der Waals surface area contributed by atoms with E-state index in [0.717, 1.165) is 6.42 Å². The van der Waals surface area contributed by atoms with Crippen LogP contribution in [0.25, 0.3) is 0 Å². The number of nitrogens with zero attached hydrogens (tertiary/aromatic N) is 2. The molecular weight excluding hydrogens is 240 g/mol. The number of nitrogen functional groups attached to an aromatic ring is 1. The Hall–Kier alpha value is -1.65. The van der Waals surface area contributed by atoms with Gasteiger partial charge in [0.1, 0.15) is 11.5 Å². The number of nitrogens with two attached hydrogens (primary N) is 1. The van der Waals surface area contributed by atoms with Crippen molar-refractivity contribution in [3.8, 4) is 0 Å². The Morgan fingerprint density at radius 1 is 1.37 bits per heavy atom. The number of anilines is 1. The molecule has 1 atom stereocenters. The zero-order chi connectivity index (χ0) is 13.7. The molecule has 1 aromatic rings. The molecule has 1 saturated carbocycles. The summed E-state index contributed by atoms with van der Waals surface area (Å²) in [6, 6.07) is 0.243. The molecule has 0 bridgehead atoms. The fourth-order valence-corrected chi connectivity index (χ4v) is 2.79. The fraction of sp³-hybridized carbons (Fsp3) is 0.643. The summed E-state index contributed by atoms with van der Waals surface area (Å²) in [5.74, 6) is 0.783. The highest BCUT2D eigenvalue weighted by atomic mass is 16.1. The predicted molar refractivity (Wildman–Crippen MR) is 74.6 cm³/mol. The van der Waals surface area contributed by atoms with E-state index in [1.807, 2.05) is 0 Å². The minimum atomic E-state index is -0.148. The molecule has 1 unspecified atom stereocenters. The minimum absolute atomic E-state index is 0.148. The van der Waals surface area contributed by atoms with Crippen molar-refractivity contribution in [1.82, 2.24) is 15.3 Å². The van der Waals surface area contributed by atoms with Crippen LogP contribution < -0.4 is 11.1 Å². The van der Waals surface area contributed by atoms with Crippen LogP contribution in [0.1, 0.15) is 55.9 Å². The molecule has 1 aliphatic carbocycles. The van der Waals surface area contributed by atoms with Crippen molar-refractivity contribution < 1.29 is 4.79 Å². The topological polar surface area (TPSA) is 80.9 Å². The van der Waals surface area contributed by atoms with Crippen LogP contribution >= 0.6 is 0 Å². The van der Waals surface area contributed by atoms with Crippen LogP contribution in [0.2, 0.25) is 0 Å². The van der Waals surface area contributed by atoms with E-state index in [4.69, 9.17) is 5.73 Å². The zero-order valence-electron chi connectivity index (χ0n) is 11.4. The van der Waals surface area contributed by atoms with Crippen LogP contribution in [0.3, 0.4) is 0 Å². The second-order valence-corrected chi connectivity index (χ2v) is 5.21. The lowest BCUT2D eigenvalue weighted by Crippen LogP contribution is -2.41. The van der Waals surface area contributed by atoms with Gasteiger partial charge in [0.25, 0.3) is 5.91 Å². The van der Waals surface area contributed by atoms with E-state index in [9.17, 15) is 4.79 Å². The average molecular weight is 262 g/mol. The monoisotopic (exact) mass is 262 g/mol. The molecule has 1 fully saturated rings. The van der Waals surface area contributed by atoms with Gasteiger partial charge >= 0.3 is 0 Å². The lowest BCUT2D eigenvalue weighted by molar-refractivity contribution is 0.0905. The summed E-state index contributed by atoms with van der Waals surface area (Å²) in [6.07, 6.45) is 10.1. The number of hydrogen-bond acceptors (Lipinski definition) is 4. The highest BCUT2D eigenvalue weighted by Crippen LogP contribution is 2.27. The van der Waals surface area contributed by atoms with E-state index in [1.165, 1.54) is 44.5 Å². The summed E-state index contributed by atoms with van der Waals surface area (Å²) >= 11 is 0. The lowest BCUT2D eigenvalue weighted by Gasteiger charge is -2.30. The first kappa shape index (κ1) is 13.8. The Kier molecular flexibility index (Phi) is 4.71. The molecular formula is C14H22N4O. The summed E-state index contributed by atoms with van der Waals surface area (Å²) in [4.78, 5) is 20.0. The van der Waals surface area contributed by atoms with Gasteiger partial charge in [0.15, 0.2) is 0 Å². The van der Waals surface area contributed by atoms with Gasteiger partial charge in [0.05, 0.1) is 12.4 Å². The Morgan fingerprint density at radius 3 is 2.68 bits per heavy atom. The molecule has 1 heterocycles. The SMILES string of the molecule is CCC(NC(=O)c1cnc(N)cn1)C1CCCCC1. The number of carbonyl (C=O) groups excluding carboxylic acids is 1. The third kappa shape index (κ3) is 3.66. The van der Waals surface area contributed by atoms with Gasteiger partial charge in [-0.15, -0.1) is 0 Å². The molecule has 0 radical (unpaired) electrons. The molecule has 3 N–H and O–H groups in total. The Labute approximate surface area is 114 Å². The summed E-state index contributed by atoms with van der Waals surface area (Å²) in [5, 5.41) is 3.09. The lowest BCUT2D eigenvalue weighted by atomic mass is 9.83. The van der Waals surface area contributed by atoms with E-state index in [1.54, 1.807) is 0 Å². The van der Waals surface area contributed by atoms with Gasteiger partial charge in [-0.2, -0.15) is 0 Å². The highest BCUT2D eigenvalue weighted by Gasteiger charge is 2.24. The van der Waals surface area contributed by atoms with Crippen LogP contribution in [0, 0.1) is 5.92 Å². The van der Waals surface area contributed by atoms with Crippen LogP contribution in [0.5, 0.6) is 0 Å². The predicted octanol–water partition coefficient (Wildman–Crippen LogP) is 2.15. The highest BCUT2D eigenvalue weighted by molar-refractivity contribution is 5.92. The van der Waals surface area contributed by atoms with Crippen molar-refractivity contribution in [2.45, 2.75) is 51.5 Å². The molecule has 2 rings (SSSR count). The van der Waals surface area contributed by atoms with Crippen LogP contribution in [-0.4, -0.2) is 21.9 Å². The number of rotatable bonds is 4. The molecule has 0 aliphatic heterocycles. The van der Waals surface area contributed by atoms with Gasteiger partial charge in [0, 0.05) is 6.04 Å². The van der Waals surface area contributed by atoms with E-state index in [0.29, 0.717) is 17.4 Å². The fourth-order valence-electron chi connectivity index (χ4n) is 2.79. The standard InChI is InChI=1S/C14H22N4O/c1-2-11(10-6-4-3-5-7-10)18-14(19)12-8-17-13(15)9-16-12/h8-11H,2-7H2,1H3,(H2,15,17)(H,18,19). The molecule has 5 heteroatoms. The van der Waals surface area contributed by atoms with Crippen LogP contribution in [0.15, 0.2) is 12.4 Å². The zero-order valence-corrected chi connectivity index (χ0v) is 11.4. The molecule has 19 heavy (non-hydrogen) atoms. The van der Waals surface area contributed by atoms with Crippen molar-refractivity contribution in [3.63, 3.8) is 0 Å². The summed E-state index contributed by atoms with van der Waals surface area (Å²) in [5.41, 5.74) is 5.80. The molecule has 1 amide bonds. The molecule has 1 aromatic heterocycles. The van der Waals surface area contributed by atoms with Gasteiger partial charge in [0.2, 0.25) is 0 Å². The second kappa shape index (κ2) is 6.50. The van der Waals surface area contributed by atoms with Crippen LogP contribution in [0.4, 0.5) is 5.82 Å². The van der Waals surface area contributed by atoms with Gasteiger partial charge in [-0.05, 0) is 25.2 Å². The van der Waals surface area contributed by atoms with E-state index in [2.05, 4.69) is 22.2 Å². The molecule has 5 nitrogen and oxygen atoms in total. The number of amides is 1. The maximum atomic E-state index is 12.1. The molecule has 104 valence electrons. The van der Waals surface area contributed by atoms with Gasteiger partial charge in [-0.1, -0.05) is 26.2 Å². The largest absolute Gasteiger partial charge is 0.382 e. The maximum Gasteiger partial charge on any atom is 0.271 e. The second-order valence-electron chi connectivity index (χ2n) is 5.21. The number of nitrogens with one attached hydrogen (secondary N) is 1. The average Bonchev–Trinajstić information content (AvgIpc) is 2.46. The summed E-state index contributed by atoms with van der Waals surface area (Å²) in [6.45, 7) is 2.12. The Bertz CT molecular complexity index is 412. The molecule has 0 aromatic carbocycles. The first-order valence-electron chi connectivity index (χ1n) is 7.09. The van der Waals surface area contributed by atoms with Gasteiger partial charge in [-0.3, -0.25) is 4.79 Å². The first-order chi connectivity index (χ1) is 9.20. The number of hydrogen-bond donors (Lipinski definition) is 2. The van der Waals surface area contributed by atoms with Gasteiger partial charge < -0.3 is 11.1 Å². The normalized spacial score (nSPS) is 17.9. The Balaban J connectivity index is 1.97. The third-order valence-corrected chi connectivity index (χ3v) is 3.88. The van der Waals surface area contributed by atoms with E-state index in [-0.39, 0.29) is 11.9 Å². The minimum Gasteiger partial charge on any atom is -0.382 e. The van der Waals surface area contributed by atoms with Gasteiger partial charge in [-0.25, -0.2) is 9.97 Å². The van der Waals surface area contributed by atoms with Crippen LogP contribution in [-0.2, 0) is 0 Å². The molecule has 0 spiro atoms. The smallest absolute Gasteiger partial charge is 0.271 e. The number of carbonyl (C=O) groups is 1. The summed E-state index contributed by atoms with van der Waals surface area (Å²) < 4.78 is 0. The third-order valence-electron chi connectivity index (χ3n) is 3.88. The van der Waals surface area contributed by atoms with Crippen molar-refractivity contribution in [1.29, 1.82) is 0 Å². The van der Waals surface area contributed by atoms with Crippen molar-refractivity contribution in [3.05, 3.63) is 18.1 Å². The van der Waals surface area contributed by atoms with Crippen molar-refractivity contribution >= 4 is 11.7 Å². The van der Waals surface area contributed by atoms with E-state index < -0.39 is 0 Å². The summed E-state index contributed by atoms with van der Waals surface area (Å²) in [7, 11) is 0. The quantitative estimate of drug-likeness (QED) is 0.871. The van der Waals surface area contributed by atoms with E-state index >= 15 is 0 Å². The molecule has 0 saturated heterocycles.